The van der Waals surface area contributed by atoms with Gasteiger partial charge < -0.3 is 19.7 Å². The van der Waals surface area contributed by atoms with Gasteiger partial charge in [-0.2, -0.15) is 4.98 Å². The maximum absolute atomic E-state index is 10.7. The Hall–Kier alpha value is -2.64. The number of carboxylic acid groups (broad SMARTS) is 1. The van der Waals surface area contributed by atoms with Crippen LogP contribution in [0.15, 0.2) is 24.8 Å². The van der Waals surface area contributed by atoms with Crippen LogP contribution in [-0.4, -0.2) is 44.2 Å². The fraction of sp³-hybridized carbons (Fsp3) is 0.273. The average Bonchev–Trinajstić information content (AvgIpc) is 2.88. The van der Waals surface area contributed by atoms with E-state index in [9.17, 15) is 4.79 Å². The number of nitrogens with one attached hydrogen (secondary N) is 1. The van der Waals surface area contributed by atoms with E-state index in [0.29, 0.717) is 24.9 Å². The van der Waals surface area contributed by atoms with E-state index in [1.54, 1.807) is 16.8 Å². The maximum Gasteiger partial charge on any atom is 0.356 e. The van der Waals surface area contributed by atoms with Gasteiger partial charge in [-0.25, -0.2) is 14.8 Å². The molecule has 0 spiro atoms. The smallest absolute Gasteiger partial charge is 0.356 e. The average molecular weight is 263 g/mol. The van der Waals surface area contributed by atoms with E-state index in [0.717, 1.165) is 0 Å². The minimum absolute atomic E-state index is 0.0256. The van der Waals surface area contributed by atoms with Crippen LogP contribution in [0.5, 0.6) is 5.88 Å². The molecular weight excluding hydrogens is 250 g/mol. The molecule has 0 unspecified atom stereocenters. The van der Waals surface area contributed by atoms with Crippen LogP contribution in [0, 0.1) is 0 Å². The van der Waals surface area contributed by atoms with E-state index in [1.807, 2.05) is 0 Å². The Balaban J connectivity index is 1.86. The second kappa shape index (κ2) is 5.80. The molecule has 19 heavy (non-hydrogen) atoms. The molecule has 0 aliphatic rings. The Morgan fingerprint density at radius 2 is 2.37 bits per heavy atom. The Morgan fingerprint density at radius 3 is 3.05 bits per heavy atom. The molecule has 0 saturated heterocycles. The van der Waals surface area contributed by atoms with Crippen molar-refractivity contribution in [3.05, 3.63) is 30.5 Å². The molecule has 0 amide bonds. The first-order valence-electron chi connectivity index (χ1n) is 5.55. The third-order valence-corrected chi connectivity index (χ3v) is 2.34. The number of ether oxygens (including phenoxy) is 1. The van der Waals surface area contributed by atoms with Crippen LogP contribution in [0.25, 0.3) is 0 Å². The molecule has 0 saturated carbocycles. The maximum atomic E-state index is 10.7. The third kappa shape index (κ3) is 3.41. The number of nitrogens with zero attached hydrogens (tertiary/aromatic N) is 4. The molecule has 8 heteroatoms. The van der Waals surface area contributed by atoms with Crippen LogP contribution < -0.4 is 10.1 Å². The first-order chi connectivity index (χ1) is 9.19. The van der Waals surface area contributed by atoms with E-state index in [2.05, 4.69) is 20.3 Å². The van der Waals surface area contributed by atoms with Crippen molar-refractivity contribution in [2.24, 2.45) is 0 Å². The topological polar surface area (TPSA) is 102 Å². The first kappa shape index (κ1) is 12.8. The fourth-order valence-corrected chi connectivity index (χ4v) is 1.43. The van der Waals surface area contributed by atoms with Gasteiger partial charge in [0.15, 0.2) is 5.69 Å². The number of carboxylic acids is 1. The van der Waals surface area contributed by atoms with Gasteiger partial charge in [-0.15, -0.1) is 0 Å². The van der Waals surface area contributed by atoms with Gasteiger partial charge in [0.2, 0.25) is 11.8 Å². The molecule has 8 nitrogen and oxygen atoms in total. The zero-order valence-corrected chi connectivity index (χ0v) is 10.3. The van der Waals surface area contributed by atoms with Gasteiger partial charge in [0.25, 0.3) is 0 Å². The Bertz CT molecular complexity index is 569. The summed E-state index contributed by atoms with van der Waals surface area (Å²) in [6, 6.07) is 1.65. The summed E-state index contributed by atoms with van der Waals surface area (Å²) in [7, 11) is 1.53. The van der Waals surface area contributed by atoms with Gasteiger partial charge in [-0.3, -0.25) is 0 Å². The van der Waals surface area contributed by atoms with Crippen molar-refractivity contribution in [1.29, 1.82) is 0 Å². The van der Waals surface area contributed by atoms with Crippen molar-refractivity contribution in [2.45, 2.75) is 6.54 Å². The summed E-state index contributed by atoms with van der Waals surface area (Å²) in [4.78, 5) is 22.5. The third-order valence-electron chi connectivity index (χ3n) is 2.34. The highest BCUT2D eigenvalue weighted by Gasteiger charge is 2.06. The molecule has 0 bridgehead atoms. The lowest BCUT2D eigenvalue weighted by Crippen LogP contribution is -2.11. The van der Waals surface area contributed by atoms with E-state index in [1.165, 1.54) is 19.6 Å². The van der Waals surface area contributed by atoms with Crippen molar-refractivity contribution in [3.63, 3.8) is 0 Å². The van der Waals surface area contributed by atoms with E-state index in [4.69, 9.17) is 9.84 Å². The van der Waals surface area contributed by atoms with Gasteiger partial charge >= 0.3 is 5.97 Å². The molecule has 2 rings (SSSR count). The molecule has 0 aromatic carbocycles. The Kier molecular flexibility index (Phi) is 3.91. The van der Waals surface area contributed by atoms with Crippen LogP contribution in [-0.2, 0) is 6.54 Å². The lowest BCUT2D eigenvalue weighted by Gasteiger charge is -2.06. The predicted octanol–water partition coefficient (Wildman–Crippen LogP) is 0.492. The zero-order chi connectivity index (χ0) is 13.7. The number of aromatic carboxylic acids is 1. The highest BCUT2D eigenvalue weighted by Crippen LogP contribution is 2.06. The summed E-state index contributed by atoms with van der Waals surface area (Å²) in [6.07, 6.45) is 4.53. The van der Waals surface area contributed by atoms with Crippen molar-refractivity contribution < 1.29 is 14.6 Å². The lowest BCUT2D eigenvalue weighted by atomic mass is 10.5. The molecule has 100 valence electrons. The van der Waals surface area contributed by atoms with Crippen LogP contribution in [0.1, 0.15) is 10.5 Å². The normalized spacial score (nSPS) is 10.2. The fourth-order valence-electron chi connectivity index (χ4n) is 1.43. The number of imidazole rings is 1. The van der Waals surface area contributed by atoms with E-state index in [-0.39, 0.29) is 5.69 Å². The van der Waals surface area contributed by atoms with Gasteiger partial charge in [-0.1, -0.05) is 0 Å². The van der Waals surface area contributed by atoms with E-state index >= 15 is 0 Å². The van der Waals surface area contributed by atoms with Crippen LogP contribution in [0.2, 0.25) is 0 Å². The highest BCUT2D eigenvalue weighted by atomic mass is 16.5. The van der Waals surface area contributed by atoms with Gasteiger partial charge in [0.05, 0.1) is 13.4 Å². The second-order valence-corrected chi connectivity index (χ2v) is 3.65. The Labute approximate surface area is 109 Å². The van der Waals surface area contributed by atoms with Crippen molar-refractivity contribution in [2.75, 3.05) is 19.0 Å². The number of aromatic nitrogens is 4. The largest absolute Gasteiger partial charge is 0.481 e. The molecule has 0 atom stereocenters. The molecule has 0 fully saturated rings. The van der Waals surface area contributed by atoms with Crippen LogP contribution in [0.4, 0.5) is 5.95 Å². The predicted molar refractivity (Wildman–Crippen MR) is 66.3 cm³/mol. The molecule has 2 aromatic rings. The number of methoxy groups -OCH3 is 1. The number of anilines is 1. The molecule has 2 N–H and O–H groups in total. The number of hydrogen-bond donors (Lipinski definition) is 2. The molecule has 0 radical (unpaired) electrons. The second-order valence-electron chi connectivity index (χ2n) is 3.65. The summed E-state index contributed by atoms with van der Waals surface area (Å²) in [5.41, 5.74) is 0.0256. The lowest BCUT2D eigenvalue weighted by molar-refractivity contribution is 0.0691. The van der Waals surface area contributed by atoms with Gasteiger partial charge in [-0.05, 0) is 0 Å². The summed E-state index contributed by atoms with van der Waals surface area (Å²) < 4.78 is 6.65. The van der Waals surface area contributed by atoms with Crippen LogP contribution >= 0.6 is 0 Å². The quantitative estimate of drug-likeness (QED) is 0.781. The van der Waals surface area contributed by atoms with Crippen molar-refractivity contribution in [3.8, 4) is 5.88 Å². The van der Waals surface area contributed by atoms with Crippen molar-refractivity contribution >= 4 is 11.9 Å². The van der Waals surface area contributed by atoms with Crippen molar-refractivity contribution in [1.82, 2.24) is 19.5 Å². The van der Waals surface area contributed by atoms with Gasteiger partial charge in [0, 0.05) is 31.5 Å². The number of rotatable bonds is 6. The standard InChI is InChI=1S/C11H13N5O3/c1-19-9-2-3-12-11(15-9)13-4-5-16-6-8(10(17)18)14-7-16/h2-3,6-7H,4-5H2,1H3,(H,17,18)(H,12,13,15). The zero-order valence-electron chi connectivity index (χ0n) is 10.3. The van der Waals surface area contributed by atoms with Gasteiger partial charge in [0.1, 0.15) is 0 Å². The van der Waals surface area contributed by atoms with Crippen LogP contribution in [0.3, 0.4) is 0 Å². The SMILES string of the molecule is COc1ccnc(NCCn2cnc(C(=O)O)c2)n1. The molecule has 2 heterocycles. The summed E-state index contributed by atoms with van der Waals surface area (Å²) in [5, 5.41) is 11.7. The summed E-state index contributed by atoms with van der Waals surface area (Å²) in [6.45, 7) is 1.10. The minimum atomic E-state index is -1.04. The highest BCUT2D eigenvalue weighted by molar-refractivity contribution is 5.84. The molecule has 2 aromatic heterocycles. The summed E-state index contributed by atoms with van der Waals surface area (Å²) in [5.74, 6) is -0.103. The number of carbonyl (C=O) groups is 1. The van der Waals surface area contributed by atoms with E-state index < -0.39 is 5.97 Å². The molecular formula is C11H13N5O3. The molecule has 0 aliphatic heterocycles. The Morgan fingerprint density at radius 1 is 1.53 bits per heavy atom. The number of hydrogen-bond acceptors (Lipinski definition) is 6. The monoisotopic (exact) mass is 263 g/mol. The molecule has 0 aliphatic carbocycles. The summed E-state index contributed by atoms with van der Waals surface area (Å²) >= 11 is 0. The minimum Gasteiger partial charge on any atom is -0.481 e. The first-order valence-corrected chi connectivity index (χ1v) is 5.55.